The van der Waals surface area contributed by atoms with Crippen molar-refractivity contribution < 1.29 is 9.59 Å². The fraction of sp³-hybridized carbons (Fsp3) is 0.417. The molecule has 1 aromatic heterocycles. The average Bonchev–Trinajstić information content (AvgIpc) is 3.57. The first kappa shape index (κ1) is 30.6. The first-order valence-electron chi connectivity index (χ1n) is 16.2. The van der Waals surface area contributed by atoms with E-state index in [2.05, 4.69) is 75.4 Å². The average molecular weight is 606 g/mol. The fourth-order valence-electron chi connectivity index (χ4n) is 6.71. The van der Waals surface area contributed by atoms with Gasteiger partial charge in [0.1, 0.15) is 6.04 Å². The molecule has 0 saturated heterocycles. The number of rotatable bonds is 10. The third-order valence-electron chi connectivity index (χ3n) is 9.20. The van der Waals surface area contributed by atoms with Crippen LogP contribution in [0, 0.1) is 5.92 Å². The molecule has 1 aliphatic heterocycles. The number of carbonyl (C=O) groups excluding carboxylic acids is 2. The standard InChI is InChI=1S/C36H43N7O2/c1-36(2,37-23-25-10-4-3-5-11-25)22-33(44)38-31-21-20-28-12-6-9-15-32(28)43(35(31)45)24-26-16-18-27(19-17-26)29-13-7-8-14-30(29)34-39-41-42-40-34/h6-9,12-19,25,31,37H,3-5,10-11,20-24H2,1-2H3,(H,38,44)(H,39,40,41,42)/t31-/m1/s1. The second kappa shape index (κ2) is 13.7. The smallest absolute Gasteiger partial charge is 0.249 e. The quantitative estimate of drug-likeness (QED) is 0.209. The summed E-state index contributed by atoms with van der Waals surface area (Å²) in [6.45, 7) is 5.50. The summed E-state index contributed by atoms with van der Waals surface area (Å²) < 4.78 is 0. The van der Waals surface area contributed by atoms with Crippen LogP contribution in [0.2, 0.25) is 0 Å². The molecule has 6 rings (SSSR count). The number of benzene rings is 3. The van der Waals surface area contributed by atoms with Gasteiger partial charge in [0, 0.05) is 23.2 Å². The lowest BCUT2D eigenvalue weighted by molar-refractivity contribution is -0.128. The van der Waals surface area contributed by atoms with Crippen molar-refractivity contribution in [2.24, 2.45) is 5.92 Å². The molecule has 2 heterocycles. The third-order valence-corrected chi connectivity index (χ3v) is 9.20. The van der Waals surface area contributed by atoms with E-state index in [-0.39, 0.29) is 17.4 Å². The van der Waals surface area contributed by atoms with Gasteiger partial charge in [0.05, 0.1) is 6.54 Å². The van der Waals surface area contributed by atoms with Gasteiger partial charge in [0.25, 0.3) is 0 Å². The van der Waals surface area contributed by atoms with Gasteiger partial charge in [-0.05, 0) is 85.5 Å². The molecule has 0 unspecified atom stereocenters. The Hall–Kier alpha value is -4.37. The van der Waals surface area contributed by atoms with Crippen molar-refractivity contribution in [2.45, 2.75) is 83.3 Å². The topological polar surface area (TPSA) is 116 Å². The second-order valence-corrected chi connectivity index (χ2v) is 13.1. The van der Waals surface area contributed by atoms with Gasteiger partial charge in [-0.3, -0.25) is 9.59 Å². The van der Waals surface area contributed by atoms with E-state index in [1.165, 1.54) is 32.1 Å². The van der Waals surface area contributed by atoms with E-state index in [4.69, 9.17) is 0 Å². The summed E-state index contributed by atoms with van der Waals surface area (Å²) in [5.74, 6) is 1.06. The number of nitrogens with zero attached hydrogens (tertiary/aromatic N) is 4. The molecule has 1 saturated carbocycles. The minimum atomic E-state index is -0.583. The Kier molecular flexibility index (Phi) is 9.35. The fourth-order valence-corrected chi connectivity index (χ4v) is 6.71. The summed E-state index contributed by atoms with van der Waals surface area (Å²) in [5.41, 5.74) is 5.58. The van der Waals surface area contributed by atoms with Crippen LogP contribution >= 0.6 is 0 Å². The number of fused-ring (bicyclic) bond motifs is 1. The molecule has 0 radical (unpaired) electrons. The maximum atomic E-state index is 14.1. The number of amides is 2. The van der Waals surface area contributed by atoms with Gasteiger partial charge in [0.2, 0.25) is 17.6 Å². The molecule has 3 aromatic carbocycles. The molecule has 4 aromatic rings. The molecule has 1 fully saturated rings. The molecule has 0 bridgehead atoms. The molecule has 234 valence electrons. The predicted octanol–water partition coefficient (Wildman–Crippen LogP) is 5.84. The molecule has 2 aliphatic rings. The Morgan fingerprint density at radius 2 is 1.67 bits per heavy atom. The summed E-state index contributed by atoms with van der Waals surface area (Å²) in [6.07, 6.45) is 8.07. The number of para-hydroxylation sites is 1. The summed E-state index contributed by atoms with van der Waals surface area (Å²) in [5, 5.41) is 21.3. The zero-order valence-corrected chi connectivity index (χ0v) is 26.3. The minimum absolute atomic E-state index is 0.0761. The molecular formula is C36H43N7O2. The largest absolute Gasteiger partial charge is 0.344 e. The number of aromatic amines is 1. The number of nitrogens with one attached hydrogen (secondary N) is 3. The van der Waals surface area contributed by atoms with Crippen LogP contribution < -0.4 is 15.5 Å². The third kappa shape index (κ3) is 7.48. The van der Waals surface area contributed by atoms with E-state index < -0.39 is 6.04 Å². The number of hydrogen-bond acceptors (Lipinski definition) is 6. The van der Waals surface area contributed by atoms with Crippen LogP contribution in [0.1, 0.15) is 69.9 Å². The number of anilines is 1. The summed E-state index contributed by atoms with van der Waals surface area (Å²) in [4.78, 5) is 29.2. The number of tetrazole rings is 1. The highest BCUT2D eigenvalue weighted by Gasteiger charge is 2.33. The summed E-state index contributed by atoms with van der Waals surface area (Å²) in [6, 6.07) is 23.7. The lowest BCUT2D eigenvalue weighted by Crippen LogP contribution is -2.51. The van der Waals surface area contributed by atoms with Crippen molar-refractivity contribution >= 4 is 17.5 Å². The van der Waals surface area contributed by atoms with Gasteiger partial charge in [0.15, 0.2) is 0 Å². The van der Waals surface area contributed by atoms with Crippen molar-refractivity contribution in [3.63, 3.8) is 0 Å². The van der Waals surface area contributed by atoms with Crippen LogP contribution in [0.3, 0.4) is 0 Å². The summed E-state index contributed by atoms with van der Waals surface area (Å²) >= 11 is 0. The van der Waals surface area contributed by atoms with Gasteiger partial charge >= 0.3 is 0 Å². The maximum Gasteiger partial charge on any atom is 0.249 e. The Morgan fingerprint density at radius 3 is 2.42 bits per heavy atom. The van der Waals surface area contributed by atoms with Crippen LogP contribution in [0.5, 0.6) is 0 Å². The lowest BCUT2D eigenvalue weighted by Gasteiger charge is -2.31. The highest BCUT2D eigenvalue weighted by Crippen LogP contribution is 2.32. The molecule has 3 N–H and O–H groups in total. The molecule has 0 spiro atoms. The van der Waals surface area contributed by atoms with E-state index in [9.17, 15) is 9.59 Å². The van der Waals surface area contributed by atoms with Crippen molar-refractivity contribution in [2.75, 3.05) is 11.4 Å². The van der Waals surface area contributed by atoms with E-state index in [0.717, 1.165) is 46.5 Å². The van der Waals surface area contributed by atoms with Crippen LogP contribution in [-0.2, 0) is 22.6 Å². The molecule has 45 heavy (non-hydrogen) atoms. The van der Waals surface area contributed by atoms with Crippen LogP contribution in [0.25, 0.3) is 22.5 Å². The molecule has 9 heteroatoms. The first-order chi connectivity index (χ1) is 21.9. The number of aromatic nitrogens is 4. The van der Waals surface area contributed by atoms with Crippen LogP contribution in [0.15, 0.2) is 72.8 Å². The van der Waals surface area contributed by atoms with E-state index in [0.29, 0.717) is 31.1 Å². The van der Waals surface area contributed by atoms with Gasteiger partial charge in [-0.25, -0.2) is 0 Å². The van der Waals surface area contributed by atoms with Crippen molar-refractivity contribution in [3.05, 3.63) is 83.9 Å². The monoisotopic (exact) mass is 605 g/mol. The van der Waals surface area contributed by atoms with Crippen LogP contribution in [-0.4, -0.2) is 50.6 Å². The predicted molar refractivity (Wildman–Crippen MR) is 176 cm³/mol. The number of H-pyrrole nitrogens is 1. The van der Waals surface area contributed by atoms with Crippen molar-refractivity contribution in [1.82, 2.24) is 31.3 Å². The molecule has 2 amide bonds. The van der Waals surface area contributed by atoms with Crippen molar-refractivity contribution in [3.8, 4) is 22.5 Å². The highest BCUT2D eigenvalue weighted by molar-refractivity contribution is 6.00. The molecule has 9 nitrogen and oxygen atoms in total. The second-order valence-electron chi connectivity index (χ2n) is 13.1. The molecule has 1 aliphatic carbocycles. The number of hydrogen-bond donors (Lipinski definition) is 3. The lowest BCUT2D eigenvalue weighted by atomic mass is 9.88. The normalized spacial score (nSPS) is 17.5. The Bertz CT molecular complexity index is 1590. The molecular weight excluding hydrogens is 562 g/mol. The SMILES string of the molecule is CC(C)(CC(=O)N[C@@H]1CCc2ccccc2N(Cc2ccc(-c3ccccc3-c3nn[nH]n3)cc2)C1=O)NCC1CCCCC1. The Balaban J connectivity index is 1.15. The van der Waals surface area contributed by atoms with Gasteiger partial charge < -0.3 is 15.5 Å². The first-order valence-corrected chi connectivity index (χ1v) is 16.2. The zero-order valence-electron chi connectivity index (χ0n) is 26.3. The minimum Gasteiger partial charge on any atom is -0.344 e. The molecule has 1 atom stereocenters. The number of aryl methyl sites for hydroxylation is 1. The zero-order chi connectivity index (χ0) is 31.2. The maximum absolute atomic E-state index is 14.1. The van der Waals surface area contributed by atoms with Crippen LogP contribution in [0.4, 0.5) is 5.69 Å². The van der Waals surface area contributed by atoms with E-state index in [1.807, 2.05) is 47.4 Å². The summed E-state index contributed by atoms with van der Waals surface area (Å²) in [7, 11) is 0. The van der Waals surface area contributed by atoms with E-state index >= 15 is 0 Å². The Labute approximate surface area is 265 Å². The van der Waals surface area contributed by atoms with Crippen molar-refractivity contribution in [1.29, 1.82) is 0 Å². The Morgan fingerprint density at radius 1 is 0.933 bits per heavy atom. The van der Waals surface area contributed by atoms with Gasteiger partial charge in [-0.2, -0.15) is 5.21 Å². The highest BCUT2D eigenvalue weighted by atomic mass is 16.2. The van der Waals surface area contributed by atoms with E-state index in [1.54, 1.807) is 0 Å². The van der Waals surface area contributed by atoms with Gasteiger partial charge in [-0.15, -0.1) is 10.2 Å². The van der Waals surface area contributed by atoms with Gasteiger partial charge in [-0.1, -0.05) is 86.0 Å². The number of carbonyl (C=O) groups is 2.